The molecule has 0 spiro atoms. The molecule has 0 saturated carbocycles. The molecular weight excluding hydrogens is 564 g/mol. The van der Waals surface area contributed by atoms with E-state index in [1.54, 1.807) is 0 Å². The number of carbonyl (C=O) groups is 1. The van der Waals surface area contributed by atoms with Crippen molar-refractivity contribution in [1.29, 1.82) is 0 Å². The van der Waals surface area contributed by atoms with E-state index in [2.05, 4.69) is 0 Å². The highest BCUT2D eigenvalue weighted by Gasteiger charge is 2.48. The van der Waals surface area contributed by atoms with Crippen molar-refractivity contribution in [1.82, 2.24) is 0 Å². The lowest BCUT2D eigenvalue weighted by Crippen LogP contribution is -2.59. The van der Waals surface area contributed by atoms with Crippen LogP contribution in [0, 0.1) is 17.8 Å². The van der Waals surface area contributed by atoms with Crippen LogP contribution in [0.15, 0.2) is 23.5 Å². The van der Waals surface area contributed by atoms with Gasteiger partial charge in [0.05, 0.1) is 38.6 Å². The van der Waals surface area contributed by atoms with E-state index in [9.17, 15) is 45.6 Å². The normalized spacial score (nSPS) is 42.0. The number of ether oxygens (including phenoxy) is 6. The van der Waals surface area contributed by atoms with E-state index < -0.39 is 92.8 Å². The molecule has 0 aromatic carbocycles. The minimum absolute atomic E-state index is 0.0445. The lowest BCUT2D eigenvalue weighted by molar-refractivity contribution is -0.300. The summed E-state index contributed by atoms with van der Waals surface area (Å²) in [4.78, 5) is 12.5. The zero-order chi connectivity index (χ0) is 30.7. The summed E-state index contributed by atoms with van der Waals surface area (Å²) < 4.78 is 33.8. The van der Waals surface area contributed by atoms with Crippen molar-refractivity contribution in [3.8, 4) is 0 Å². The molecule has 1 aliphatic carbocycles. The van der Waals surface area contributed by atoms with Crippen molar-refractivity contribution in [2.75, 3.05) is 26.4 Å². The van der Waals surface area contributed by atoms with Gasteiger partial charge in [0.2, 0.25) is 6.29 Å². The maximum Gasteiger partial charge on any atom is 0.309 e. The Morgan fingerprint density at radius 1 is 0.810 bits per heavy atom. The Labute approximate surface area is 242 Å². The van der Waals surface area contributed by atoms with Crippen LogP contribution < -0.4 is 0 Å². The van der Waals surface area contributed by atoms with Gasteiger partial charge >= 0.3 is 5.97 Å². The van der Waals surface area contributed by atoms with Gasteiger partial charge in [-0.05, 0) is 23.5 Å². The van der Waals surface area contributed by atoms with Gasteiger partial charge in [-0.15, -0.1) is 0 Å². The molecule has 3 heterocycles. The standard InChI is InChI=1S/C27H42O15/c1-11(2)5-17(30)42-25-18-12(8-38-26-23(35)21(33)19(31)15(6-28)40-26)3-4-14(18)13(9-37-25)10-39-27-24(36)22(34)20(32)16(7-29)41-27/h3,9,11,14-16,18-29,31-36H,4-8,10H2,1-2H3/t14-,15-,16-,18-,19-,20-,21-,22+,23-,24-,25+,26-,27-/m1/s1. The fourth-order valence-corrected chi connectivity index (χ4v) is 5.57. The summed E-state index contributed by atoms with van der Waals surface area (Å²) in [5.74, 6) is -1.29. The number of fused-ring (bicyclic) bond motifs is 1. The predicted octanol–water partition coefficient (Wildman–Crippen LogP) is -2.99. The fraction of sp³-hybridized carbons (Fsp3) is 0.815. The lowest BCUT2D eigenvalue weighted by atomic mass is 9.83. The number of hydrogen-bond acceptors (Lipinski definition) is 15. The number of rotatable bonds is 11. The van der Waals surface area contributed by atoms with E-state index >= 15 is 0 Å². The molecule has 15 heteroatoms. The van der Waals surface area contributed by atoms with Gasteiger partial charge in [-0.3, -0.25) is 4.79 Å². The van der Waals surface area contributed by atoms with Gasteiger partial charge in [-0.2, -0.15) is 0 Å². The van der Waals surface area contributed by atoms with E-state index in [0.717, 1.165) is 0 Å². The van der Waals surface area contributed by atoms with Crippen molar-refractivity contribution in [3.63, 3.8) is 0 Å². The van der Waals surface area contributed by atoms with Crippen LogP contribution in [0.4, 0.5) is 0 Å². The molecule has 2 saturated heterocycles. The third-order valence-electron chi connectivity index (χ3n) is 7.97. The fourth-order valence-electron chi connectivity index (χ4n) is 5.57. The van der Waals surface area contributed by atoms with Crippen molar-refractivity contribution in [3.05, 3.63) is 23.5 Å². The van der Waals surface area contributed by atoms with Crippen LogP contribution in [-0.2, 0) is 33.2 Å². The summed E-state index contributed by atoms with van der Waals surface area (Å²) in [6.45, 7) is 2.26. The summed E-state index contributed by atoms with van der Waals surface area (Å²) >= 11 is 0. The minimum Gasteiger partial charge on any atom is -0.462 e. The molecule has 0 aromatic heterocycles. The lowest BCUT2D eigenvalue weighted by Gasteiger charge is -2.41. The Kier molecular flexibility index (Phi) is 11.3. The molecule has 2 fully saturated rings. The summed E-state index contributed by atoms with van der Waals surface area (Å²) in [5.41, 5.74) is 1.24. The van der Waals surface area contributed by atoms with E-state index in [-0.39, 0.29) is 31.5 Å². The average molecular weight is 607 g/mol. The molecule has 3 aliphatic heterocycles. The van der Waals surface area contributed by atoms with Crippen molar-refractivity contribution >= 4 is 5.97 Å². The Hall–Kier alpha value is -1.73. The SMILES string of the molecule is CC(C)CC(=O)O[C@@H]1OC=C(CO[C@@H]2O[C@H](CO)[C@@H](O)[C@H](O)[C@H]2O)[C@H]2CC=C(CO[C@@H]3O[C@H](CO)[C@@H](O)[C@@H](O)[C@H]3O)[C@@H]12. The van der Waals surface area contributed by atoms with Crippen LogP contribution in [0.5, 0.6) is 0 Å². The summed E-state index contributed by atoms with van der Waals surface area (Å²) in [7, 11) is 0. The Bertz CT molecular complexity index is 967. The van der Waals surface area contributed by atoms with Crippen molar-refractivity contribution in [2.45, 2.75) is 94.4 Å². The maximum atomic E-state index is 12.5. The average Bonchev–Trinajstić information content (AvgIpc) is 3.39. The molecule has 42 heavy (non-hydrogen) atoms. The highest BCUT2D eigenvalue weighted by Crippen LogP contribution is 2.44. The summed E-state index contributed by atoms with van der Waals surface area (Å²) in [6.07, 6.45) is -11.6. The van der Waals surface area contributed by atoms with Crippen LogP contribution in [0.1, 0.15) is 26.7 Å². The highest BCUT2D eigenvalue weighted by atomic mass is 16.7. The molecule has 0 unspecified atom stereocenters. The van der Waals surface area contributed by atoms with Crippen LogP contribution in [-0.4, -0.2) is 141 Å². The van der Waals surface area contributed by atoms with Crippen molar-refractivity contribution in [2.24, 2.45) is 17.8 Å². The van der Waals surface area contributed by atoms with Crippen LogP contribution in [0.3, 0.4) is 0 Å². The van der Waals surface area contributed by atoms with Gasteiger partial charge in [0.1, 0.15) is 48.8 Å². The molecule has 240 valence electrons. The van der Waals surface area contributed by atoms with Gasteiger partial charge in [-0.1, -0.05) is 19.9 Å². The number of aliphatic hydroxyl groups excluding tert-OH is 8. The first-order chi connectivity index (χ1) is 20.0. The van der Waals surface area contributed by atoms with E-state index in [4.69, 9.17) is 28.4 Å². The van der Waals surface area contributed by atoms with E-state index in [1.165, 1.54) is 6.26 Å². The molecule has 0 aromatic rings. The van der Waals surface area contributed by atoms with Gasteiger partial charge in [0, 0.05) is 12.3 Å². The zero-order valence-corrected chi connectivity index (χ0v) is 23.4. The summed E-state index contributed by atoms with van der Waals surface area (Å²) in [6, 6.07) is 0. The van der Waals surface area contributed by atoms with Crippen LogP contribution in [0.25, 0.3) is 0 Å². The summed E-state index contributed by atoms with van der Waals surface area (Å²) in [5, 5.41) is 79.8. The van der Waals surface area contributed by atoms with Gasteiger partial charge in [0.15, 0.2) is 12.6 Å². The number of aliphatic hydroxyl groups is 8. The quantitative estimate of drug-likeness (QED) is 0.0865. The second-order valence-corrected chi connectivity index (χ2v) is 11.4. The first-order valence-corrected chi connectivity index (χ1v) is 14.0. The molecule has 0 bridgehead atoms. The second-order valence-electron chi connectivity index (χ2n) is 11.4. The van der Waals surface area contributed by atoms with Crippen LogP contribution in [0.2, 0.25) is 0 Å². The Morgan fingerprint density at radius 2 is 1.33 bits per heavy atom. The molecule has 4 rings (SSSR count). The molecule has 4 aliphatic rings. The molecule has 8 N–H and O–H groups in total. The third kappa shape index (κ3) is 7.14. The Morgan fingerprint density at radius 3 is 1.83 bits per heavy atom. The maximum absolute atomic E-state index is 12.5. The van der Waals surface area contributed by atoms with E-state index in [1.807, 2.05) is 19.9 Å². The van der Waals surface area contributed by atoms with Gasteiger partial charge in [-0.25, -0.2) is 0 Å². The van der Waals surface area contributed by atoms with Crippen LogP contribution >= 0.6 is 0 Å². The first kappa shape index (κ1) is 33.2. The topological polar surface area (TPSA) is 234 Å². The number of esters is 1. The Balaban J connectivity index is 1.45. The number of allylic oxidation sites excluding steroid dienone is 1. The molecule has 15 nitrogen and oxygen atoms in total. The second kappa shape index (κ2) is 14.4. The number of hydrogen-bond donors (Lipinski definition) is 8. The molecular formula is C27H42O15. The van der Waals surface area contributed by atoms with Gasteiger partial charge in [0.25, 0.3) is 0 Å². The number of carbonyl (C=O) groups excluding carboxylic acids is 1. The smallest absolute Gasteiger partial charge is 0.309 e. The van der Waals surface area contributed by atoms with E-state index in [0.29, 0.717) is 17.6 Å². The van der Waals surface area contributed by atoms with Gasteiger partial charge < -0.3 is 69.3 Å². The molecule has 0 radical (unpaired) electrons. The molecule has 13 atom stereocenters. The predicted molar refractivity (Wildman–Crippen MR) is 138 cm³/mol. The zero-order valence-electron chi connectivity index (χ0n) is 23.4. The monoisotopic (exact) mass is 606 g/mol. The largest absolute Gasteiger partial charge is 0.462 e. The first-order valence-electron chi connectivity index (χ1n) is 14.0. The third-order valence-corrected chi connectivity index (χ3v) is 7.97. The highest BCUT2D eigenvalue weighted by molar-refractivity contribution is 5.69. The minimum atomic E-state index is -1.61. The van der Waals surface area contributed by atoms with Crippen molar-refractivity contribution < 1.29 is 74.1 Å². The molecule has 0 amide bonds.